The summed E-state index contributed by atoms with van der Waals surface area (Å²) in [6.07, 6.45) is 23.1. The lowest BCUT2D eigenvalue weighted by atomic mass is 9.86. The summed E-state index contributed by atoms with van der Waals surface area (Å²) >= 11 is 0. The first-order valence-corrected chi connectivity index (χ1v) is 24.1. The van der Waals surface area contributed by atoms with Crippen LogP contribution >= 0.6 is 0 Å². The largest absolute Gasteiger partial charge is 0.396 e. The molecule has 6 aliphatic rings. The van der Waals surface area contributed by atoms with Crippen LogP contribution in [0.5, 0.6) is 0 Å². The fourth-order valence-electron chi connectivity index (χ4n) is 12.3. The number of pyridine rings is 4. The standard InChI is InChI=1S/2C26H32N4O3/c2*1-2-5-18-8-9-21-24-23(25(32)28-19-6-3-4-7-19)20(16-31)22(15-30(21)26(18)33)29(24)14-17-10-12-27-13-11-17/h2*2,5,8-13,19-20,22-24,31H,3-4,6-7,14-16H2,1H3,(H,28,32)/b5-2+;5-2-/t2*20-,22-,23+,24+/m00/s1. The van der Waals surface area contributed by atoms with Gasteiger partial charge in [-0.05, 0) is 99.2 Å². The number of carbonyl (C=O) groups is 2. The van der Waals surface area contributed by atoms with Gasteiger partial charge in [-0.25, -0.2) is 0 Å². The molecular weight excluding hydrogens is 833 g/mol. The molecule has 0 spiro atoms. The van der Waals surface area contributed by atoms with Gasteiger partial charge in [0.1, 0.15) is 0 Å². The molecule has 4 N–H and O–H groups in total. The van der Waals surface area contributed by atoms with Gasteiger partial charge < -0.3 is 30.0 Å². The minimum Gasteiger partial charge on any atom is -0.396 e. The van der Waals surface area contributed by atoms with E-state index in [4.69, 9.17) is 0 Å². The summed E-state index contributed by atoms with van der Waals surface area (Å²) in [6.45, 7) is 5.87. The van der Waals surface area contributed by atoms with Gasteiger partial charge in [0, 0.05) is 123 Å². The van der Waals surface area contributed by atoms with Crippen LogP contribution in [0.2, 0.25) is 0 Å². The molecule has 0 unspecified atom stereocenters. The van der Waals surface area contributed by atoms with Crippen molar-refractivity contribution in [1.82, 2.24) is 39.5 Å². The number of nitrogens with one attached hydrogen (secondary N) is 2. The molecule has 10 rings (SSSR count). The van der Waals surface area contributed by atoms with E-state index in [-0.39, 0.29) is 84.2 Å². The average Bonchev–Trinajstić information content (AvgIpc) is 4.12. The van der Waals surface area contributed by atoms with Gasteiger partial charge in [-0.3, -0.25) is 38.9 Å². The monoisotopic (exact) mass is 896 g/mol. The first kappa shape index (κ1) is 45.6. The van der Waals surface area contributed by atoms with Gasteiger partial charge in [-0.15, -0.1) is 0 Å². The Morgan fingerprint density at radius 2 is 0.985 bits per heavy atom. The Labute approximate surface area is 386 Å². The van der Waals surface area contributed by atoms with Crippen molar-refractivity contribution < 1.29 is 19.8 Å². The number of aliphatic hydroxyl groups is 2. The number of hydrogen-bond donors (Lipinski definition) is 4. The molecule has 66 heavy (non-hydrogen) atoms. The lowest BCUT2D eigenvalue weighted by molar-refractivity contribution is -0.129. The number of aliphatic hydroxyl groups excluding tert-OH is 2. The fourth-order valence-corrected chi connectivity index (χ4v) is 12.3. The van der Waals surface area contributed by atoms with E-state index in [2.05, 4.69) is 30.4 Å². The maximum Gasteiger partial charge on any atom is 0.258 e. The second-order valence-electron chi connectivity index (χ2n) is 19.1. The van der Waals surface area contributed by atoms with Crippen LogP contribution in [-0.2, 0) is 35.8 Å². The number of carbonyl (C=O) groups excluding carboxylic acids is 2. The normalized spacial score (nSPS) is 27.2. The van der Waals surface area contributed by atoms with Crippen molar-refractivity contribution in [1.29, 1.82) is 0 Å². The minimum atomic E-state index is -0.400. The molecule has 2 amide bonds. The Kier molecular flexibility index (Phi) is 13.9. The Balaban J connectivity index is 0.000000166. The smallest absolute Gasteiger partial charge is 0.258 e. The van der Waals surface area contributed by atoms with Crippen LogP contribution < -0.4 is 21.8 Å². The van der Waals surface area contributed by atoms with Crippen LogP contribution in [0, 0.1) is 23.7 Å². The maximum absolute atomic E-state index is 13.6. The molecule has 2 aliphatic carbocycles. The van der Waals surface area contributed by atoms with Crippen LogP contribution in [0.1, 0.15) is 111 Å². The molecule has 4 aliphatic heterocycles. The van der Waals surface area contributed by atoms with Crippen molar-refractivity contribution in [2.75, 3.05) is 13.2 Å². The molecule has 14 nitrogen and oxygen atoms in total. The van der Waals surface area contributed by atoms with E-state index >= 15 is 0 Å². The second kappa shape index (κ2) is 20.1. The fraction of sp³-hybridized carbons (Fsp3) is 0.500. The molecule has 8 heterocycles. The summed E-state index contributed by atoms with van der Waals surface area (Å²) < 4.78 is 3.67. The van der Waals surface area contributed by atoms with Crippen LogP contribution in [0.4, 0.5) is 0 Å². The Bertz CT molecular complexity index is 2360. The van der Waals surface area contributed by atoms with Gasteiger partial charge in [0.05, 0.1) is 23.9 Å². The van der Waals surface area contributed by atoms with Crippen molar-refractivity contribution in [2.45, 2.75) is 128 Å². The third-order valence-electron chi connectivity index (χ3n) is 15.3. The van der Waals surface area contributed by atoms with Crippen molar-refractivity contribution >= 4 is 24.0 Å². The lowest BCUT2D eigenvalue weighted by Crippen LogP contribution is -2.46. The van der Waals surface area contributed by atoms with E-state index in [9.17, 15) is 29.4 Å². The highest BCUT2D eigenvalue weighted by molar-refractivity contribution is 5.82. The number of fused-ring (bicyclic) bond motifs is 8. The summed E-state index contributed by atoms with van der Waals surface area (Å²) in [4.78, 5) is 66.6. The number of amides is 2. The average molecular weight is 897 g/mol. The Hall–Kier alpha value is -5.54. The third kappa shape index (κ3) is 8.76. The van der Waals surface area contributed by atoms with Crippen LogP contribution in [-0.4, -0.2) is 88.3 Å². The van der Waals surface area contributed by atoms with Crippen molar-refractivity contribution in [2.24, 2.45) is 23.7 Å². The van der Waals surface area contributed by atoms with Crippen molar-refractivity contribution in [3.63, 3.8) is 0 Å². The van der Waals surface area contributed by atoms with E-state index in [0.29, 0.717) is 37.3 Å². The molecule has 2 saturated carbocycles. The molecule has 4 fully saturated rings. The Morgan fingerprint density at radius 1 is 0.606 bits per heavy atom. The molecule has 2 saturated heterocycles. The van der Waals surface area contributed by atoms with Crippen molar-refractivity contribution in [3.8, 4) is 0 Å². The highest BCUT2D eigenvalue weighted by atomic mass is 16.3. The summed E-state index contributed by atoms with van der Waals surface area (Å²) in [6, 6.07) is 15.3. The number of allylic oxidation sites excluding steroid dienone is 2. The highest BCUT2D eigenvalue weighted by Gasteiger charge is 2.57. The zero-order chi connectivity index (χ0) is 45.9. The zero-order valence-electron chi connectivity index (χ0n) is 38.1. The van der Waals surface area contributed by atoms with Gasteiger partial charge in [0.2, 0.25) is 11.8 Å². The van der Waals surface area contributed by atoms with Gasteiger partial charge in [-0.1, -0.05) is 50.0 Å². The third-order valence-corrected chi connectivity index (χ3v) is 15.3. The molecular formula is C52H64N8O6. The number of hydrogen-bond acceptors (Lipinski definition) is 10. The second-order valence-corrected chi connectivity index (χ2v) is 19.1. The van der Waals surface area contributed by atoms with E-state index in [1.807, 2.05) is 95.8 Å². The van der Waals surface area contributed by atoms with Gasteiger partial charge >= 0.3 is 0 Å². The number of nitrogens with zero attached hydrogens (tertiary/aromatic N) is 6. The van der Waals surface area contributed by atoms with Gasteiger partial charge in [0.25, 0.3) is 11.1 Å². The molecule has 0 radical (unpaired) electrons. The predicted octanol–water partition coefficient (Wildman–Crippen LogP) is 5.00. The highest BCUT2D eigenvalue weighted by Crippen LogP contribution is 2.50. The predicted molar refractivity (Wildman–Crippen MR) is 252 cm³/mol. The maximum atomic E-state index is 13.6. The first-order chi connectivity index (χ1) is 32.2. The zero-order valence-corrected chi connectivity index (χ0v) is 38.1. The van der Waals surface area contributed by atoms with Crippen LogP contribution in [0.3, 0.4) is 0 Å². The summed E-state index contributed by atoms with van der Waals surface area (Å²) in [5.41, 5.74) is 5.17. The summed E-state index contributed by atoms with van der Waals surface area (Å²) in [5.74, 6) is -1.25. The number of aromatic nitrogens is 4. The number of rotatable bonds is 12. The quantitative estimate of drug-likeness (QED) is 0.152. The van der Waals surface area contributed by atoms with E-state index in [0.717, 1.165) is 73.9 Å². The summed E-state index contributed by atoms with van der Waals surface area (Å²) in [7, 11) is 0. The van der Waals surface area contributed by atoms with E-state index < -0.39 is 11.8 Å². The minimum absolute atomic E-state index is 0.00612. The summed E-state index contributed by atoms with van der Waals surface area (Å²) in [5, 5.41) is 27.4. The SMILES string of the molecule is C/C=C/c1ccc2n(c1=O)C[C@H]1[C@H](CO)[C@@H](C(=O)NC3CCCC3)[C@@H]2N1Cc1ccncc1.C/C=C\c1ccc2n(c1=O)C[C@H]1[C@H](CO)[C@@H](C(=O)NC3CCCC3)[C@@H]2N1Cc1ccncc1. The topological polar surface area (TPSA) is 175 Å². The molecule has 4 bridgehead atoms. The van der Waals surface area contributed by atoms with Gasteiger partial charge in [-0.2, -0.15) is 0 Å². The first-order valence-electron chi connectivity index (χ1n) is 24.1. The van der Waals surface area contributed by atoms with Crippen LogP contribution in [0.15, 0.2) is 95.1 Å². The lowest BCUT2D eigenvalue weighted by Gasteiger charge is -2.38. The molecule has 348 valence electrons. The molecule has 4 aromatic heterocycles. The van der Waals surface area contributed by atoms with Crippen LogP contribution in [0.25, 0.3) is 12.2 Å². The molecule has 8 atom stereocenters. The van der Waals surface area contributed by atoms with E-state index in [1.165, 1.54) is 0 Å². The van der Waals surface area contributed by atoms with Crippen molar-refractivity contribution in [3.05, 3.63) is 140 Å². The van der Waals surface area contributed by atoms with E-state index in [1.54, 1.807) is 24.8 Å². The molecule has 0 aromatic carbocycles. The molecule has 4 aromatic rings. The molecule has 14 heteroatoms. The van der Waals surface area contributed by atoms with Gasteiger partial charge in [0.15, 0.2) is 0 Å². The Morgan fingerprint density at radius 3 is 1.33 bits per heavy atom.